The van der Waals surface area contributed by atoms with E-state index in [2.05, 4.69) is 59.8 Å². The summed E-state index contributed by atoms with van der Waals surface area (Å²) in [4.78, 5) is 7.32. The van der Waals surface area contributed by atoms with Crippen LogP contribution in [0, 0.1) is 0 Å². The minimum Gasteiger partial charge on any atom is -0.297 e. The van der Waals surface area contributed by atoms with Crippen molar-refractivity contribution in [2.45, 2.75) is 18.9 Å². The highest BCUT2D eigenvalue weighted by atomic mass is 32.1. The van der Waals surface area contributed by atoms with Crippen LogP contribution >= 0.6 is 11.3 Å². The molecule has 0 N–H and O–H groups in total. The van der Waals surface area contributed by atoms with Crippen molar-refractivity contribution in [1.82, 2.24) is 9.88 Å². The summed E-state index contributed by atoms with van der Waals surface area (Å²) in [6, 6.07) is 15.6. The summed E-state index contributed by atoms with van der Waals surface area (Å²) in [6.45, 7) is 1.19. The second kappa shape index (κ2) is 5.24. The average molecular weight is 294 g/mol. The van der Waals surface area contributed by atoms with Crippen LogP contribution in [-0.2, 0) is 0 Å². The number of rotatable bonds is 2. The van der Waals surface area contributed by atoms with Crippen LogP contribution in [0.4, 0.5) is 0 Å². The maximum atomic E-state index is 4.90. The number of thiazole rings is 1. The Bertz CT molecular complexity index is 777. The Morgan fingerprint density at radius 3 is 2.81 bits per heavy atom. The largest absolute Gasteiger partial charge is 0.297 e. The Morgan fingerprint density at radius 2 is 2.00 bits per heavy atom. The van der Waals surface area contributed by atoms with Gasteiger partial charge < -0.3 is 0 Å². The summed E-state index contributed by atoms with van der Waals surface area (Å²) in [5, 5.41) is 6.03. The van der Waals surface area contributed by atoms with Crippen LogP contribution in [0.2, 0.25) is 0 Å². The zero-order valence-corrected chi connectivity index (χ0v) is 12.9. The van der Waals surface area contributed by atoms with Crippen molar-refractivity contribution in [3.63, 3.8) is 0 Å². The smallest absolute Gasteiger partial charge is 0.110 e. The first kappa shape index (κ1) is 13.0. The summed E-state index contributed by atoms with van der Waals surface area (Å²) in [5.41, 5.74) is 2.33. The van der Waals surface area contributed by atoms with E-state index in [1.54, 1.807) is 11.3 Å². The lowest BCUT2D eigenvalue weighted by molar-refractivity contribution is 0.317. The van der Waals surface area contributed by atoms with Gasteiger partial charge in [0.25, 0.3) is 0 Å². The highest BCUT2D eigenvalue weighted by Crippen LogP contribution is 2.34. The molecule has 1 fully saturated rings. The third-order valence-corrected chi connectivity index (χ3v) is 5.32. The molecule has 0 spiro atoms. The Morgan fingerprint density at radius 1 is 1.14 bits per heavy atom. The van der Waals surface area contributed by atoms with E-state index in [9.17, 15) is 0 Å². The molecule has 1 saturated heterocycles. The molecule has 0 radical (unpaired) electrons. The molecule has 2 nitrogen and oxygen atoms in total. The third kappa shape index (κ3) is 2.37. The molecule has 1 atom stereocenters. The van der Waals surface area contributed by atoms with Gasteiger partial charge in [0.2, 0.25) is 0 Å². The first-order valence-corrected chi connectivity index (χ1v) is 8.34. The molecule has 2 heterocycles. The highest BCUT2D eigenvalue weighted by molar-refractivity contribution is 7.10. The first-order valence-electron chi connectivity index (χ1n) is 7.46. The van der Waals surface area contributed by atoms with Crippen LogP contribution in [0.1, 0.15) is 23.9 Å². The van der Waals surface area contributed by atoms with Gasteiger partial charge in [-0.05, 0) is 43.3 Å². The summed E-state index contributed by atoms with van der Waals surface area (Å²) in [7, 11) is 2.20. The topological polar surface area (TPSA) is 16.1 Å². The summed E-state index contributed by atoms with van der Waals surface area (Å²) in [5.74, 6) is 0. The van der Waals surface area contributed by atoms with E-state index < -0.39 is 0 Å². The number of hydrogen-bond acceptors (Lipinski definition) is 3. The lowest BCUT2D eigenvalue weighted by Gasteiger charge is -2.16. The van der Waals surface area contributed by atoms with Crippen molar-refractivity contribution >= 4 is 22.1 Å². The van der Waals surface area contributed by atoms with E-state index >= 15 is 0 Å². The number of nitrogens with zero attached hydrogens (tertiary/aromatic N) is 2. The number of benzene rings is 2. The number of likely N-dealkylation sites (tertiary alicyclic amines) is 1. The third-order valence-electron chi connectivity index (χ3n) is 4.37. The van der Waals surface area contributed by atoms with Crippen molar-refractivity contribution < 1.29 is 0 Å². The van der Waals surface area contributed by atoms with Gasteiger partial charge in [-0.3, -0.25) is 4.90 Å². The summed E-state index contributed by atoms with van der Waals surface area (Å²) >= 11 is 1.80. The minimum atomic E-state index is 0.518. The molecule has 0 bridgehead atoms. The van der Waals surface area contributed by atoms with Crippen molar-refractivity contribution in [2.75, 3.05) is 13.6 Å². The van der Waals surface area contributed by atoms with Crippen molar-refractivity contribution in [1.29, 1.82) is 0 Å². The molecular formula is C18H18N2S. The molecule has 0 saturated carbocycles. The molecule has 1 aromatic heterocycles. The van der Waals surface area contributed by atoms with E-state index in [0.717, 1.165) is 5.69 Å². The highest BCUT2D eigenvalue weighted by Gasteiger charge is 2.25. The molecule has 1 aliphatic rings. The quantitative estimate of drug-likeness (QED) is 0.679. The lowest BCUT2D eigenvalue weighted by atomic mass is 10.1. The maximum Gasteiger partial charge on any atom is 0.110 e. The van der Waals surface area contributed by atoms with Crippen molar-refractivity contribution in [3.8, 4) is 11.3 Å². The monoisotopic (exact) mass is 294 g/mol. The van der Waals surface area contributed by atoms with Gasteiger partial charge in [-0.1, -0.05) is 36.4 Å². The van der Waals surface area contributed by atoms with Crippen LogP contribution in [0.3, 0.4) is 0 Å². The van der Waals surface area contributed by atoms with Crippen LogP contribution in [0.15, 0.2) is 47.8 Å². The molecule has 2 aromatic carbocycles. The maximum absolute atomic E-state index is 4.90. The van der Waals surface area contributed by atoms with Gasteiger partial charge in [0.05, 0.1) is 11.7 Å². The minimum absolute atomic E-state index is 0.518. The van der Waals surface area contributed by atoms with Crippen LogP contribution in [0.5, 0.6) is 0 Å². The van der Waals surface area contributed by atoms with E-state index in [1.165, 1.54) is 40.7 Å². The Labute approximate surface area is 129 Å². The van der Waals surface area contributed by atoms with Crippen LogP contribution in [0.25, 0.3) is 22.0 Å². The van der Waals surface area contributed by atoms with Crippen molar-refractivity contribution in [3.05, 3.63) is 52.9 Å². The molecule has 0 aliphatic carbocycles. The fourth-order valence-corrected chi connectivity index (χ4v) is 4.17. The van der Waals surface area contributed by atoms with Crippen LogP contribution in [-0.4, -0.2) is 23.5 Å². The molecule has 0 amide bonds. The van der Waals surface area contributed by atoms with E-state index in [4.69, 9.17) is 4.98 Å². The van der Waals surface area contributed by atoms with Gasteiger partial charge in [0, 0.05) is 10.9 Å². The van der Waals surface area contributed by atoms with Gasteiger partial charge in [0.15, 0.2) is 0 Å². The van der Waals surface area contributed by atoms with Crippen LogP contribution < -0.4 is 0 Å². The zero-order chi connectivity index (χ0) is 14.2. The lowest BCUT2D eigenvalue weighted by Crippen LogP contribution is -2.17. The molecule has 3 aromatic rings. The van der Waals surface area contributed by atoms with Gasteiger partial charge in [-0.2, -0.15) is 0 Å². The van der Waals surface area contributed by atoms with E-state index in [1.807, 2.05) is 0 Å². The molecule has 1 unspecified atom stereocenters. The number of fused-ring (bicyclic) bond motifs is 1. The summed E-state index contributed by atoms with van der Waals surface area (Å²) in [6.07, 6.45) is 2.52. The first-order chi connectivity index (χ1) is 10.3. The van der Waals surface area contributed by atoms with Crippen molar-refractivity contribution in [2.24, 2.45) is 0 Å². The molecule has 4 rings (SSSR count). The number of aromatic nitrogens is 1. The summed E-state index contributed by atoms with van der Waals surface area (Å²) < 4.78 is 0. The fourth-order valence-electron chi connectivity index (χ4n) is 3.14. The second-order valence-corrected chi connectivity index (χ2v) is 6.66. The fraction of sp³-hybridized carbons (Fsp3) is 0.278. The molecular weight excluding hydrogens is 276 g/mol. The van der Waals surface area contributed by atoms with Gasteiger partial charge in [-0.25, -0.2) is 4.98 Å². The standard InChI is InChI=1S/C18H18N2S/c1-20-10-4-7-17(20)18-19-16(12-21-18)15-9-8-13-5-2-3-6-14(13)11-15/h2-3,5-6,8-9,11-12,17H,4,7,10H2,1H3. The zero-order valence-electron chi connectivity index (χ0n) is 12.1. The predicted octanol–water partition coefficient (Wildman–Crippen LogP) is 4.73. The second-order valence-electron chi connectivity index (χ2n) is 5.77. The van der Waals surface area contributed by atoms with Gasteiger partial charge >= 0.3 is 0 Å². The van der Waals surface area contributed by atoms with E-state index in [-0.39, 0.29) is 0 Å². The van der Waals surface area contributed by atoms with Gasteiger partial charge in [0.1, 0.15) is 5.01 Å². The average Bonchev–Trinajstić information content (AvgIpc) is 3.15. The SMILES string of the molecule is CN1CCCC1c1nc(-c2ccc3ccccc3c2)cs1. The molecule has 106 valence electrons. The Hall–Kier alpha value is -1.71. The molecule has 3 heteroatoms. The van der Waals surface area contributed by atoms with Gasteiger partial charge in [-0.15, -0.1) is 11.3 Å². The number of hydrogen-bond donors (Lipinski definition) is 0. The molecule has 21 heavy (non-hydrogen) atoms. The Kier molecular flexibility index (Phi) is 3.24. The Balaban J connectivity index is 1.70. The molecule has 1 aliphatic heterocycles. The normalized spacial score (nSPS) is 19.4. The predicted molar refractivity (Wildman–Crippen MR) is 89.7 cm³/mol. The van der Waals surface area contributed by atoms with E-state index in [0.29, 0.717) is 6.04 Å².